The Morgan fingerprint density at radius 1 is 1.32 bits per heavy atom. The van der Waals surface area contributed by atoms with Crippen molar-refractivity contribution in [2.24, 2.45) is 0 Å². The lowest BCUT2D eigenvalue weighted by Gasteiger charge is -2.19. The van der Waals surface area contributed by atoms with Gasteiger partial charge in [0.25, 0.3) is 0 Å². The molecule has 2 amide bonds. The summed E-state index contributed by atoms with van der Waals surface area (Å²) in [5.41, 5.74) is 2.63. The molecule has 2 aromatic rings. The summed E-state index contributed by atoms with van der Waals surface area (Å²) in [5.74, 6) is 0. The van der Waals surface area contributed by atoms with E-state index in [9.17, 15) is 4.79 Å². The molecule has 1 atom stereocenters. The highest BCUT2D eigenvalue weighted by atomic mass is 32.1. The van der Waals surface area contributed by atoms with Gasteiger partial charge in [0.1, 0.15) is 0 Å². The third-order valence-corrected chi connectivity index (χ3v) is 4.27. The van der Waals surface area contributed by atoms with Crippen molar-refractivity contribution < 1.29 is 9.90 Å². The number of nitrogens with one attached hydrogen (secondary N) is 2. The van der Waals surface area contributed by atoms with Gasteiger partial charge >= 0.3 is 6.03 Å². The van der Waals surface area contributed by atoms with Crippen molar-refractivity contribution in [1.29, 1.82) is 0 Å². The van der Waals surface area contributed by atoms with E-state index in [-0.39, 0.29) is 18.7 Å². The van der Waals surface area contributed by atoms with E-state index < -0.39 is 0 Å². The smallest absolute Gasteiger partial charge is 0.319 e. The summed E-state index contributed by atoms with van der Waals surface area (Å²) >= 11 is 1.38. The van der Waals surface area contributed by atoms with E-state index >= 15 is 0 Å². The highest BCUT2D eigenvalue weighted by Gasteiger charge is 2.16. The highest BCUT2D eigenvalue weighted by Crippen LogP contribution is 2.23. The van der Waals surface area contributed by atoms with E-state index in [0.717, 1.165) is 21.8 Å². The van der Waals surface area contributed by atoms with Crippen molar-refractivity contribution in [3.8, 4) is 0 Å². The van der Waals surface area contributed by atoms with Crippen LogP contribution < -0.4 is 10.6 Å². The summed E-state index contributed by atoms with van der Waals surface area (Å²) < 4.78 is 4.22. The third-order valence-electron chi connectivity index (χ3n) is 3.43. The molecule has 2 rings (SSSR count). The Kier molecular flexibility index (Phi) is 5.91. The van der Waals surface area contributed by atoms with Gasteiger partial charge in [-0.15, -0.1) is 0 Å². The Morgan fingerprint density at radius 2 is 2.05 bits per heavy atom. The lowest BCUT2D eigenvalue weighted by atomic mass is 10.0. The van der Waals surface area contributed by atoms with Gasteiger partial charge in [-0.2, -0.15) is 4.37 Å². The standard InChI is InChI=1S/C16H21N3O2S/c1-11-15(12(2)22-19-11)18-16(21)17-14(9-6-10-20)13-7-4-3-5-8-13/h3-5,7-8,14,20H,6,9-10H2,1-2H3,(H2,17,18,21). The zero-order valence-electron chi connectivity index (χ0n) is 12.8. The zero-order valence-corrected chi connectivity index (χ0v) is 13.6. The summed E-state index contributed by atoms with van der Waals surface area (Å²) in [6, 6.07) is 9.40. The predicted molar refractivity (Wildman–Crippen MR) is 89.2 cm³/mol. The van der Waals surface area contributed by atoms with Crippen LogP contribution in [0.3, 0.4) is 0 Å². The summed E-state index contributed by atoms with van der Waals surface area (Å²) in [7, 11) is 0. The monoisotopic (exact) mass is 319 g/mol. The van der Waals surface area contributed by atoms with Crippen LogP contribution in [0.4, 0.5) is 10.5 Å². The number of hydrogen-bond donors (Lipinski definition) is 3. The van der Waals surface area contributed by atoms with Gasteiger partial charge in [0.05, 0.1) is 17.4 Å². The maximum absolute atomic E-state index is 12.3. The van der Waals surface area contributed by atoms with Gasteiger partial charge in [0, 0.05) is 11.5 Å². The van der Waals surface area contributed by atoms with Gasteiger partial charge < -0.3 is 15.7 Å². The summed E-state index contributed by atoms with van der Waals surface area (Å²) in [6.07, 6.45) is 1.33. The second-order valence-electron chi connectivity index (χ2n) is 5.13. The lowest BCUT2D eigenvalue weighted by molar-refractivity contribution is 0.243. The Bertz CT molecular complexity index is 594. The van der Waals surface area contributed by atoms with Gasteiger partial charge in [0.15, 0.2) is 0 Å². The lowest BCUT2D eigenvalue weighted by Crippen LogP contribution is -2.33. The topological polar surface area (TPSA) is 74.2 Å². The average Bonchev–Trinajstić information content (AvgIpc) is 2.84. The molecule has 0 fully saturated rings. The molecule has 1 heterocycles. The minimum atomic E-state index is -0.252. The van der Waals surface area contributed by atoms with Gasteiger partial charge in [-0.25, -0.2) is 4.79 Å². The van der Waals surface area contributed by atoms with E-state index in [0.29, 0.717) is 12.8 Å². The normalized spacial score (nSPS) is 12.0. The Labute approximate surface area is 134 Å². The van der Waals surface area contributed by atoms with E-state index in [4.69, 9.17) is 5.11 Å². The molecule has 22 heavy (non-hydrogen) atoms. The molecule has 3 N–H and O–H groups in total. The maximum atomic E-state index is 12.3. The average molecular weight is 319 g/mol. The summed E-state index contributed by atoms with van der Waals surface area (Å²) in [5, 5.41) is 14.9. The zero-order chi connectivity index (χ0) is 15.9. The van der Waals surface area contributed by atoms with Crippen LogP contribution in [-0.4, -0.2) is 22.1 Å². The molecule has 6 heteroatoms. The predicted octanol–water partition coefficient (Wildman–Crippen LogP) is 3.40. The third kappa shape index (κ3) is 4.29. The van der Waals surface area contributed by atoms with Crippen molar-refractivity contribution >= 4 is 23.3 Å². The quantitative estimate of drug-likeness (QED) is 0.764. The number of aliphatic hydroxyl groups excluding tert-OH is 1. The molecule has 0 saturated carbocycles. The SMILES string of the molecule is Cc1nsc(C)c1NC(=O)NC(CCCO)c1ccccc1. The molecular formula is C16H21N3O2S. The molecule has 1 unspecified atom stereocenters. The number of benzene rings is 1. The summed E-state index contributed by atoms with van der Waals surface area (Å²) in [4.78, 5) is 13.2. The van der Waals surface area contributed by atoms with Crippen LogP contribution in [0.5, 0.6) is 0 Å². The fourth-order valence-corrected chi connectivity index (χ4v) is 2.93. The fraction of sp³-hybridized carbons (Fsp3) is 0.375. The molecule has 0 spiro atoms. The second-order valence-corrected chi connectivity index (χ2v) is 6.10. The molecule has 1 aromatic heterocycles. The first-order valence-electron chi connectivity index (χ1n) is 7.28. The van der Waals surface area contributed by atoms with Crippen LogP contribution in [0, 0.1) is 13.8 Å². The molecule has 0 aliphatic carbocycles. The Balaban J connectivity index is 2.05. The number of amides is 2. The number of anilines is 1. The number of aliphatic hydroxyl groups is 1. The molecule has 0 aliphatic heterocycles. The van der Waals surface area contributed by atoms with Crippen molar-refractivity contribution in [3.63, 3.8) is 0 Å². The van der Waals surface area contributed by atoms with Crippen molar-refractivity contribution in [1.82, 2.24) is 9.69 Å². The largest absolute Gasteiger partial charge is 0.396 e. The Hall–Kier alpha value is -1.92. The number of rotatable bonds is 6. The van der Waals surface area contributed by atoms with Crippen LogP contribution in [0.25, 0.3) is 0 Å². The minimum Gasteiger partial charge on any atom is -0.396 e. The maximum Gasteiger partial charge on any atom is 0.319 e. The molecule has 0 bridgehead atoms. The van der Waals surface area contributed by atoms with Gasteiger partial charge in [-0.05, 0) is 43.8 Å². The first-order chi connectivity index (χ1) is 10.6. The second kappa shape index (κ2) is 7.91. The van der Waals surface area contributed by atoms with E-state index in [2.05, 4.69) is 15.0 Å². The number of carbonyl (C=O) groups excluding carboxylic acids is 1. The van der Waals surface area contributed by atoms with Gasteiger partial charge in [-0.1, -0.05) is 30.3 Å². The molecule has 0 saturated heterocycles. The molecule has 0 radical (unpaired) electrons. The first-order valence-corrected chi connectivity index (χ1v) is 8.05. The molecule has 0 aliphatic rings. The van der Waals surface area contributed by atoms with Crippen molar-refractivity contribution in [3.05, 3.63) is 46.5 Å². The van der Waals surface area contributed by atoms with Crippen LogP contribution in [-0.2, 0) is 0 Å². The molecule has 5 nitrogen and oxygen atoms in total. The fourth-order valence-electron chi connectivity index (χ4n) is 2.27. The van der Waals surface area contributed by atoms with Gasteiger partial charge in [-0.3, -0.25) is 0 Å². The number of nitrogens with zero attached hydrogens (tertiary/aromatic N) is 1. The summed E-state index contributed by atoms with van der Waals surface area (Å²) in [6.45, 7) is 3.92. The van der Waals surface area contributed by atoms with E-state index in [1.165, 1.54) is 11.5 Å². The van der Waals surface area contributed by atoms with Crippen LogP contribution in [0.15, 0.2) is 30.3 Å². The molecule has 1 aromatic carbocycles. The first kappa shape index (κ1) is 16.5. The minimum absolute atomic E-state index is 0.110. The molecular weight excluding hydrogens is 298 g/mol. The van der Waals surface area contributed by atoms with E-state index in [1.54, 1.807) is 0 Å². The number of hydrogen-bond acceptors (Lipinski definition) is 4. The van der Waals surface area contributed by atoms with Crippen LogP contribution in [0.1, 0.15) is 35.0 Å². The van der Waals surface area contributed by atoms with Crippen molar-refractivity contribution in [2.75, 3.05) is 11.9 Å². The number of aromatic nitrogens is 1. The van der Waals surface area contributed by atoms with Crippen molar-refractivity contribution in [2.45, 2.75) is 32.7 Å². The highest BCUT2D eigenvalue weighted by molar-refractivity contribution is 7.06. The number of aryl methyl sites for hydroxylation is 2. The van der Waals surface area contributed by atoms with Crippen LogP contribution >= 0.6 is 11.5 Å². The van der Waals surface area contributed by atoms with Gasteiger partial charge in [0.2, 0.25) is 0 Å². The number of urea groups is 1. The van der Waals surface area contributed by atoms with Crippen LogP contribution in [0.2, 0.25) is 0 Å². The number of carbonyl (C=O) groups is 1. The van der Waals surface area contributed by atoms with E-state index in [1.807, 2.05) is 44.2 Å². The molecule has 118 valence electrons. The Morgan fingerprint density at radius 3 is 2.64 bits per heavy atom.